The average Bonchev–Trinajstić information content (AvgIpc) is 2.18. The van der Waals surface area contributed by atoms with Gasteiger partial charge in [0.1, 0.15) is 6.20 Å². The maximum Gasteiger partial charge on any atom is 0.347 e. The second-order valence-electron chi connectivity index (χ2n) is 3.86. The van der Waals surface area contributed by atoms with Crippen LogP contribution in [0, 0.1) is 16.0 Å². The van der Waals surface area contributed by atoms with E-state index in [1.165, 1.54) is 10.8 Å². The third kappa shape index (κ3) is 2.25. The fourth-order valence-corrected chi connectivity index (χ4v) is 1.57. The van der Waals surface area contributed by atoms with Gasteiger partial charge < -0.3 is 5.32 Å². The topological polar surface area (TPSA) is 90.1 Å². The Bertz CT molecular complexity index is 452. The van der Waals surface area contributed by atoms with Crippen molar-refractivity contribution in [1.82, 2.24) is 14.9 Å². The lowest BCUT2D eigenvalue weighted by Crippen LogP contribution is -2.42. The molecule has 1 saturated heterocycles. The molecule has 1 aliphatic rings. The van der Waals surface area contributed by atoms with Crippen molar-refractivity contribution in [3.63, 3.8) is 0 Å². The Labute approximate surface area is 91.3 Å². The molecule has 1 aromatic rings. The fourth-order valence-electron chi connectivity index (χ4n) is 1.57. The van der Waals surface area contributed by atoms with Crippen LogP contribution in [0.15, 0.2) is 17.2 Å². The maximum atomic E-state index is 11.3. The molecule has 0 bridgehead atoms. The first-order valence-corrected chi connectivity index (χ1v) is 5.08. The minimum absolute atomic E-state index is 0.147. The molecule has 1 aromatic heterocycles. The van der Waals surface area contributed by atoms with Crippen molar-refractivity contribution in [2.45, 2.75) is 13.0 Å². The SMILES string of the molecule is O=c1ncc([N+](=O)[O-])cn1CCC1CNC1. The number of hydrogen-bond donors (Lipinski definition) is 1. The first kappa shape index (κ1) is 10.7. The Morgan fingerprint density at radius 1 is 1.62 bits per heavy atom. The number of rotatable bonds is 4. The van der Waals surface area contributed by atoms with Gasteiger partial charge in [0.2, 0.25) is 0 Å². The molecule has 0 aromatic carbocycles. The molecule has 0 aliphatic carbocycles. The molecule has 0 amide bonds. The zero-order valence-electron chi connectivity index (χ0n) is 8.63. The van der Waals surface area contributed by atoms with Gasteiger partial charge in [-0.25, -0.2) is 4.79 Å². The molecule has 1 aliphatic heterocycles. The van der Waals surface area contributed by atoms with E-state index in [-0.39, 0.29) is 5.69 Å². The summed E-state index contributed by atoms with van der Waals surface area (Å²) in [6.07, 6.45) is 3.08. The molecule has 0 unspecified atom stereocenters. The number of nitro groups is 1. The minimum atomic E-state index is -0.548. The summed E-state index contributed by atoms with van der Waals surface area (Å²) in [6, 6.07) is 0. The summed E-state index contributed by atoms with van der Waals surface area (Å²) in [6.45, 7) is 2.40. The zero-order valence-corrected chi connectivity index (χ0v) is 8.63. The van der Waals surface area contributed by atoms with Crippen molar-refractivity contribution in [2.75, 3.05) is 13.1 Å². The first-order chi connectivity index (χ1) is 7.66. The van der Waals surface area contributed by atoms with E-state index in [1.54, 1.807) is 0 Å². The Kier molecular flexibility index (Phi) is 2.95. The fraction of sp³-hybridized carbons (Fsp3) is 0.556. The van der Waals surface area contributed by atoms with Crippen molar-refractivity contribution in [1.29, 1.82) is 0 Å². The van der Waals surface area contributed by atoms with Crippen molar-refractivity contribution in [3.05, 3.63) is 33.0 Å². The molecule has 7 nitrogen and oxygen atoms in total. The van der Waals surface area contributed by atoms with Crippen molar-refractivity contribution < 1.29 is 4.92 Å². The van der Waals surface area contributed by atoms with Gasteiger partial charge in [-0.1, -0.05) is 0 Å². The van der Waals surface area contributed by atoms with Crippen LogP contribution in [0.5, 0.6) is 0 Å². The van der Waals surface area contributed by atoms with E-state index in [1.807, 2.05) is 0 Å². The van der Waals surface area contributed by atoms with E-state index >= 15 is 0 Å². The Hall–Kier alpha value is -1.76. The molecule has 1 fully saturated rings. The smallest absolute Gasteiger partial charge is 0.316 e. The lowest BCUT2D eigenvalue weighted by molar-refractivity contribution is -0.385. The predicted molar refractivity (Wildman–Crippen MR) is 56.1 cm³/mol. The van der Waals surface area contributed by atoms with E-state index in [0.29, 0.717) is 12.5 Å². The molecule has 0 spiro atoms. The Balaban J connectivity index is 2.08. The largest absolute Gasteiger partial charge is 0.347 e. The van der Waals surface area contributed by atoms with E-state index in [2.05, 4.69) is 10.3 Å². The van der Waals surface area contributed by atoms with Crippen molar-refractivity contribution >= 4 is 5.69 Å². The predicted octanol–water partition coefficient (Wildman–Crippen LogP) is -0.239. The summed E-state index contributed by atoms with van der Waals surface area (Å²) in [7, 11) is 0. The molecular formula is C9H12N4O3. The van der Waals surface area contributed by atoms with Gasteiger partial charge in [0.15, 0.2) is 0 Å². The van der Waals surface area contributed by atoms with Gasteiger partial charge in [-0.05, 0) is 25.4 Å². The number of nitrogens with one attached hydrogen (secondary N) is 1. The van der Waals surface area contributed by atoms with Crippen LogP contribution in [0.4, 0.5) is 5.69 Å². The van der Waals surface area contributed by atoms with Gasteiger partial charge in [0.25, 0.3) is 0 Å². The Morgan fingerprint density at radius 2 is 2.38 bits per heavy atom. The van der Waals surface area contributed by atoms with Gasteiger partial charge in [-0.3, -0.25) is 14.7 Å². The molecule has 7 heteroatoms. The lowest BCUT2D eigenvalue weighted by Gasteiger charge is -2.26. The Morgan fingerprint density at radius 3 is 2.94 bits per heavy atom. The third-order valence-electron chi connectivity index (χ3n) is 2.70. The summed E-state index contributed by atoms with van der Waals surface area (Å²) < 4.78 is 1.30. The summed E-state index contributed by atoms with van der Waals surface area (Å²) in [5, 5.41) is 13.6. The zero-order chi connectivity index (χ0) is 11.5. The van der Waals surface area contributed by atoms with Crippen LogP contribution in [-0.4, -0.2) is 27.6 Å². The minimum Gasteiger partial charge on any atom is -0.316 e. The highest BCUT2D eigenvalue weighted by Gasteiger charge is 2.17. The van der Waals surface area contributed by atoms with Gasteiger partial charge in [-0.15, -0.1) is 0 Å². The molecule has 1 N–H and O–H groups in total. The third-order valence-corrected chi connectivity index (χ3v) is 2.70. The van der Waals surface area contributed by atoms with Gasteiger partial charge in [0, 0.05) is 6.54 Å². The number of hydrogen-bond acceptors (Lipinski definition) is 5. The highest BCUT2D eigenvalue weighted by molar-refractivity contribution is 5.20. The van der Waals surface area contributed by atoms with E-state index in [9.17, 15) is 14.9 Å². The molecule has 16 heavy (non-hydrogen) atoms. The average molecular weight is 224 g/mol. The van der Waals surface area contributed by atoms with E-state index < -0.39 is 10.6 Å². The molecule has 2 rings (SSSR count). The highest BCUT2D eigenvalue weighted by Crippen LogP contribution is 2.10. The van der Waals surface area contributed by atoms with Crippen LogP contribution >= 0.6 is 0 Å². The lowest BCUT2D eigenvalue weighted by atomic mass is 10.00. The number of aromatic nitrogens is 2. The number of nitrogens with zero attached hydrogens (tertiary/aromatic N) is 3. The van der Waals surface area contributed by atoms with Gasteiger partial charge in [0.05, 0.1) is 11.1 Å². The highest BCUT2D eigenvalue weighted by atomic mass is 16.6. The standard InChI is InChI=1S/C9H12N4O3/c14-9-11-5-8(13(15)16)6-12(9)2-1-7-3-10-4-7/h5-7,10H,1-4H2. The molecular weight excluding hydrogens is 212 g/mol. The quantitative estimate of drug-likeness (QED) is 0.563. The van der Waals surface area contributed by atoms with Crippen molar-refractivity contribution in [2.24, 2.45) is 5.92 Å². The van der Waals surface area contributed by atoms with Crippen LogP contribution in [0.3, 0.4) is 0 Å². The number of aryl methyl sites for hydroxylation is 1. The van der Waals surface area contributed by atoms with Crippen molar-refractivity contribution in [3.8, 4) is 0 Å². The molecule has 2 heterocycles. The summed E-state index contributed by atoms with van der Waals surface area (Å²) in [5.41, 5.74) is -0.579. The van der Waals surface area contributed by atoms with Crippen LogP contribution in [0.25, 0.3) is 0 Å². The van der Waals surface area contributed by atoms with E-state index in [0.717, 1.165) is 25.7 Å². The van der Waals surface area contributed by atoms with Gasteiger partial charge in [-0.2, -0.15) is 4.98 Å². The van der Waals surface area contributed by atoms with Crippen LogP contribution in [-0.2, 0) is 6.54 Å². The summed E-state index contributed by atoms with van der Waals surface area (Å²) in [5.74, 6) is 0.561. The van der Waals surface area contributed by atoms with Crippen LogP contribution in [0.1, 0.15) is 6.42 Å². The molecule has 0 radical (unpaired) electrons. The second-order valence-corrected chi connectivity index (χ2v) is 3.86. The monoisotopic (exact) mass is 224 g/mol. The molecule has 0 atom stereocenters. The van der Waals surface area contributed by atoms with Crippen LogP contribution in [0.2, 0.25) is 0 Å². The maximum absolute atomic E-state index is 11.3. The molecule has 0 saturated carbocycles. The summed E-state index contributed by atoms with van der Waals surface area (Å²) >= 11 is 0. The first-order valence-electron chi connectivity index (χ1n) is 5.08. The van der Waals surface area contributed by atoms with E-state index in [4.69, 9.17) is 0 Å². The normalized spacial score (nSPS) is 15.8. The van der Waals surface area contributed by atoms with Crippen LogP contribution < -0.4 is 11.0 Å². The second kappa shape index (κ2) is 4.40. The summed E-state index contributed by atoms with van der Waals surface area (Å²) in [4.78, 5) is 24.8. The molecule has 86 valence electrons. The van der Waals surface area contributed by atoms with Gasteiger partial charge >= 0.3 is 11.4 Å².